The van der Waals surface area contributed by atoms with Crippen LogP contribution in [0.25, 0.3) is 21.8 Å². The zero-order valence-corrected chi connectivity index (χ0v) is 11.7. The van der Waals surface area contributed by atoms with Crippen LogP contribution in [0.2, 0.25) is 0 Å². The van der Waals surface area contributed by atoms with E-state index in [1.807, 2.05) is 54.6 Å². The Morgan fingerprint density at radius 2 is 1.86 bits per heavy atom. The Balaban J connectivity index is 1.75. The number of fused-ring (bicyclic) bond motifs is 2. The van der Waals surface area contributed by atoms with Gasteiger partial charge in [-0.3, -0.25) is 9.78 Å². The lowest BCUT2D eigenvalue weighted by molar-refractivity contribution is 0.102. The number of pyridine rings is 1. The van der Waals surface area contributed by atoms with Gasteiger partial charge in [0, 0.05) is 28.7 Å². The third-order valence-electron chi connectivity index (χ3n) is 3.71. The molecule has 0 saturated carbocycles. The molecule has 1 amide bonds. The van der Waals surface area contributed by atoms with Crippen LogP contribution in [0.15, 0.2) is 67.0 Å². The molecule has 2 aromatic heterocycles. The molecule has 0 unspecified atom stereocenters. The molecular formula is C18H13N3O. The quantitative estimate of drug-likeness (QED) is 0.586. The van der Waals surface area contributed by atoms with Crippen LogP contribution in [-0.2, 0) is 0 Å². The molecule has 22 heavy (non-hydrogen) atoms. The predicted molar refractivity (Wildman–Crippen MR) is 88.0 cm³/mol. The number of para-hydroxylation sites is 2. The minimum atomic E-state index is -0.143. The van der Waals surface area contributed by atoms with Crippen molar-refractivity contribution in [3.63, 3.8) is 0 Å². The molecule has 0 saturated heterocycles. The van der Waals surface area contributed by atoms with Crippen LogP contribution < -0.4 is 5.32 Å². The first-order valence-electron chi connectivity index (χ1n) is 7.04. The van der Waals surface area contributed by atoms with E-state index in [0.29, 0.717) is 11.3 Å². The lowest BCUT2D eigenvalue weighted by Crippen LogP contribution is -2.11. The Morgan fingerprint density at radius 3 is 2.82 bits per heavy atom. The number of nitrogens with one attached hydrogen (secondary N) is 2. The maximum absolute atomic E-state index is 12.6. The Labute approximate surface area is 126 Å². The van der Waals surface area contributed by atoms with Gasteiger partial charge in [0.25, 0.3) is 5.91 Å². The van der Waals surface area contributed by atoms with E-state index in [9.17, 15) is 4.79 Å². The lowest BCUT2D eigenvalue weighted by atomic mass is 10.1. The molecule has 0 spiro atoms. The zero-order chi connectivity index (χ0) is 14.9. The van der Waals surface area contributed by atoms with Gasteiger partial charge in [0.1, 0.15) is 0 Å². The van der Waals surface area contributed by atoms with Crippen molar-refractivity contribution >= 4 is 33.4 Å². The molecule has 4 aromatic rings. The molecule has 0 aliphatic heterocycles. The van der Waals surface area contributed by atoms with Gasteiger partial charge in [0.2, 0.25) is 0 Å². The van der Waals surface area contributed by atoms with E-state index in [4.69, 9.17) is 0 Å². The number of H-pyrrole nitrogens is 1. The average molecular weight is 287 g/mol. The molecule has 0 aliphatic carbocycles. The van der Waals surface area contributed by atoms with E-state index in [0.717, 1.165) is 21.8 Å². The molecule has 2 aromatic carbocycles. The van der Waals surface area contributed by atoms with Gasteiger partial charge < -0.3 is 10.3 Å². The molecular weight excluding hydrogens is 274 g/mol. The molecule has 106 valence electrons. The Kier molecular flexibility index (Phi) is 2.86. The number of aromatic nitrogens is 2. The minimum Gasteiger partial charge on any atom is -0.360 e. The van der Waals surface area contributed by atoms with Gasteiger partial charge in [-0.05, 0) is 18.2 Å². The highest BCUT2D eigenvalue weighted by atomic mass is 16.1. The van der Waals surface area contributed by atoms with Crippen LogP contribution in [-0.4, -0.2) is 15.9 Å². The van der Waals surface area contributed by atoms with Crippen LogP contribution in [0, 0.1) is 0 Å². The number of benzene rings is 2. The van der Waals surface area contributed by atoms with Crippen molar-refractivity contribution in [2.75, 3.05) is 5.32 Å². The summed E-state index contributed by atoms with van der Waals surface area (Å²) in [6.45, 7) is 0. The number of nitrogens with zero attached hydrogens (tertiary/aromatic N) is 1. The first-order chi connectivity index (χ1) is 10.8. The van der Waals surface area contributed by atoms with E-state index >= 15 is 0 Å². The van der Waals surface area contributed by atoms with Gasteiger partial charge in [-0.15, -0.1) is 0 Å². The third kappa shape index (κ3) is 2.02. The van der Waals surface area contributed by atoms with Crippen LogP contribution >= 0.6 is 0 Å². The summed E-state index contributed by atoms with van der Waals surface area (Å²) in [5.41, 5.74) is 3.08. The fourth-order valence-electron chi connectivity index (χ4n) is 2.65. The molecule has 2 N–H and O–H groups in total. The monoisotopic (exact) mass is 287 g/mol. The molecule has 4 rings (SSSR count). The van der Waals surface area contributed by atoms with Crippen molar-refractivity contribution in [3.8, 4) is 0 Å². The lowest BCUT2D eigenvalue weighted by Gasteiger charge is -2.07. The van der Waals surface area contributed by atoms with Crippen LogP contribution in [0.3, 0.4) is 0 Å². The van der Waals surface area contributed by atoms with E-state index in [-0.39, 0.29) is 5.91 Å². The second-order valence-corrected chi connectivity index (χ2v) is 5.08. The molecule has 4 nitrogen and oxygen atoms in total. The summed E-state index contributed by atoms with van der Waals surface area (Å²) in [5.74, 6) is -0.143. The average Bonchev–Trinajstić information content (AvgIpc) is 2.99. The van der Waals surface area contributed by atoms with Gasteiger partial charge in [0.15, 0.2) is 0 Å². The number of hydrogen-bond donors (Lipinski definition) is 2. The standard InChI is InChI=1S/C18H13N3O/c22-18(14-11-20-15-8-2-1-7-13(14)15)21-16-9-3-5-12-6-4-10-19-17(12)16/h1-11,20H,(H,21,22). The fourth-order valence-corrected chi connectivity index (χ4v) is 2.65. The summed E-state index contributed by atoms with van der Waals surface area (Å²) >= 11 is 0. The van der Waals surface area contributed by atoms with Gasteiger partial charge in [-0.1, -0.05) is 36.4 Å². The van der Waals surface area contributed by atoms with Gasteiger partial charge in [0.05, 0.1) is 16.8 Å². The number of carbonyl (C=O) groups is 1. The zero-order valence-electron chi connectivity index (χ0n) is 11.7. The Hall–Kier alpha value is -3.14. The van der Waals surface area contributed by atoms with E-state index in [2.05, 4.69) is 15.3 Å². The summed E-state index contributed by atoms with van der Waals surface area (Å²) in [6, 6.07) is 17.4. The Bertz CT molecular complexity index is 982. The molecule has 0 fully saturated rings. The second-order valence-electron chi connectivity index (χ2n) is 5.08. The van der Waals surface area contributed by atoms with Crippen LogP contribution in [0.4, 0.5) is 5.69 Å². The molecule has 0 bridgehead atoms. The number of aromatic amines is 1. The SMILES string of the molecule is O=C(Nc1cccc2cccnc12)c1c[nH]c2ccccc12. The summed E-state index contributed by atoms with van der Waals surface area (Å²) in [5, 5.41) is 4.87. The molecule has 0 atom stereocenters. The van der Waals surface area contributed by atoms with Gasteiger partial charge in [-0.2, -0.15) is 0 Å². The molecule has 2 heterocycles. The molecule has 4 heteroatoms. The fraction of sp³-hybridized carbons (Fsp3) is 0. The first-order valence-corrected chi connectivity index (χ1v) is 7.04. The van der Waals surface area contributed by atoms with Crippen molar-refractivity contribution in [3.05, 3.63) is 72.6 Å². The van der Waals surface area contributed by atoms with E-state index in [1.54, 1.807) is 12.4 Å². The minimum absolute atomic E-state index is 0.143. The van der Waals surface area contributed by atoms with Gasteiger partial charge in [-0.25, -0.2) is 0 Å². The summed E-state index contributed by atoms with van der Waals surface area (Å²) in [6.07, 6.45) is 3.46. The van der Waals surface area contributed by atoms with Gasteiger partial charge >= 0.3 is 0 Å². The van der Waals surface area contributed by atoms with Crippen LogP contribution in [0.1, 0.15) is 10.4 Å². The van der Waals surface area contributed by atoms with Crippen LogP contribution in [0.5, 0.6) is 0 Å². The van der Waals surface area contributed by atoms with Crippen molar-refractivity contribution in [1.29, 1.82) is 0 Å². The summed E-state index contributed by atoms with van der Waals surface area (Å²) < 4.78 is 0. The Morgan fingerprint density at radius 1 is 1.00 bits per heavy atom. The number of amides is 1. The first kappa shape index (κ1) is 12.6. The highest BCUT2D eigenvalue weighted by Crippen LogP contribution is 2.23. The number of hydrogen-bond acceptors (Lipinski definition) is 2. The largest absolute Gasteiger partial charge is 0.360 e. The molecule has 0 radical (unpaired) electrons. The van der Waals surface area contributed by atoms with E-state index < -0.39 is 0 Å². The highest BCUT2D eigenvalue weighted by molar-refractivity contribution is 6.14. The smallest absolute Gasteiger partial charge is 0.257 e. The molecule has 0 aliphatic rings. The third-order valence-corrected chi connectivity index (χ3v) is 3.71. The normalized spacial score (nSPS) is 10.9. The maximum Gasteiger partial charge on any atom is 0.257 e. The summed E-state index contributed by atoms with van der Waals surface area (Å²) in [7, 11) is 0. The predicted octanol–water partition coefficient (Wildman–Crippen LogP) is 3.97. The number of rotatable bonds is 2. The van der Waals surface area contributed by atoms with Crippen molar-refractivity contribution in [2.24, 2.45) is 0 Å². The van der Waals surface area contributed by atoms with E-state index in [1.165, 1.54) is 0 Å². The number of carbonyl (C=O) groups excluding carboxylic acids is 1. The maximum atomic E-state index is 12.6. The summed E-state index contributed by atoms with van der Waals surface area (Å²) in [4.78, 5) is 20.0. The van der Waals surface area contributed by atoms with Crippen molar-refractivity contribution < 1.29 is 4.79 Å². The van der Waals surface area contributed by atoms with Crippen molar-refractivity contribution in [1.82, 2.24) is 9.97 Å². The topological polar surface area (TPSA) is 57.8 Å². The highest BCUT2D eigenvalue weighted by Gasteiger charge is 2.13. The van der Waals surface area contributed by atoms with Crippen molar-refractivity contribution in [2.45, 2.75) is 0 Å². The number of anilines is 1. The second kappa shape index (κ2) is 5.00.